The SMILES string of the molecule is C[C@@H]([NH3+])Cn1ccnc1. The van der Waals surface area contributed by atoms with Gasteiger partial charge in [0.05, 0.1) is 18.9 Å². The van der Waals surface area contributed by atoms with Gasteiger partial charge < -0.3 is 10.3 Å². The van der Waals surface area contributed by atoms with Crippen molar-refractivity contribution in [3.8, 4) is 0 Å². The fourth-order valence-electron chi connectivity index (χ4n) is 0.755. The van der Waals surface area contributed by atoms with Crippen molar-refractivity contribution < 1.29 is 5.73 Å². The zero-order valence-corrected chi connectivity index (χ0v) is 5.62. The monoisotopic (exact) mass is 126 g/mol. The molecule has 1 heterocycles. The van der Waals surface area contributed by atoms with Crippen LogP contribution in [0, 0.1) is 0 Å². The molecule has 1 aromatic rings. The average Bonchev–Trinajstić information content (AvgIpc) is 2.15. The van der Waals surface area contributed by atoms with Crippen molar-refractivity contribution >= 4 is 0 Å². The topological polar surface area (TPSA) is 45.5 Å². The van der Waals surface area contributed by atoms with Gasteiger partial charge in [-0.3, -0.25) is 0 Å². The van der Waals surface area contributed by atoms with Crippen molar-refractivity contribution in [1.82, 2.24) is 9.55 Å². The van der Waals surface area contributed by atoms with Crippen LogP contribution in [0.2, 0.25) is 0 Å². The van der Waals surface area contributed by atoms with Gasteiger partial charge in [-0.05, 0) is 6.92 Å². The Labute approximate surface area is 54.5 Å². The minimum Gasteiger partial charge on any atom is -0.354 e. The van der Waals surface area contributed by atoms with Gasteiger partial charge in [-0.2, -0.15) is 0 Å². The second-order valence-corrected chi connectivity index (χ2v) is 2.36. The minimum atomic E-state index is 0.458. The largest absolute Gasteiger partial charge is 0.354 e. The van der Waals surface area contributed by atoms with Gasteiger partial charge in [-0.1, -0.05) is 0 Å². The van der Waals surface area contributed by atoms with Crippen LogP contribution >= 0.6 is 0 Å². The van der Waals surface area contributed by atoms with Crippen LogP contribution in [0.5, 0.6) is 0 Å². The van der Waals surface area contributed by atoms with E-state index in [0.717, 1.165) is 6.54 Å². The first-order chi connectivity index (χ1) is 4.29. The summed E-state index contributed by atoms with van der Waals surface area (Å²) in [6.07, 6.45) is 5.53. The quantitative estimate of drug-likeness (QED) is 0.571. The molecule has 0 unspecified atom stereocenters. The molecule has 1 aromatic heterocycles. The van der Waals surface area contributed by atoms with E-state index in [-0.39, 0.29) is 0 Å². The number of rotatable bonds is 2. The zero-order chi connectivity index (χ0) is 6.69. The summed E-state index contributed by atoms with van der Waals surface area (Å²) in [5, 5.41) is 0. The Balaban J connectivity index is 2.48. The van der Waals surface area contributed by atoms with Crippen LogP contribution in [0.3, 0.4) is 0 Å². The second-order valence-electron chi connectivity index (χ2n) is 2.36. The molecule has 0 aliphatic heterocycles. The summed E-state index contributed by atoms with van der Waals surface area (Å²) in [7, 11) is 0. The van der Waals surface area contributed by atoms with E-state index >= 15 is 0 Å². The first-order valence-electron chi connectivity index (χ1n) is 3.08. The molecular weight excluding hydrogens is 114 g/mol. The highest BCUT2D eigenvalue weighted by molar-refractivity contribution is 4.74. The molecule has 0 bridgehead atoms. The van der Waals surface area contributed by atoms with E-state index in [2.05, 4.69) is 17.6 Å². The highest BCUT2D eigenvalue weighted by Crippen LogP contribution is 1.85. The van der Waals surface area contributed by atoms with E-state index in [0.29, 0.717) is 6.04 Å². The molecule has 0 saturated carbocycles. The molecule has 3 heteroatoms. The van der Waals surface area contributed by atoms with Gasteiger partial charge in [0.15, 0.2) is 0 Å². The average molecular weight is 126 g/mol. The highest BCUT2D eigenvalue weighted by atomic mass is 15.0. The van der Waals surface area contributed by atoms with Gasteiger partial charge in [0.25, 0.3) is 0 Å². The predicted octanol–water partition coefficient (Wildman–Crippen LogP) is -0.487. The Kier molecular flexibility index (Phi) is 1.85. The second kappa shape index (κ2) is 2.64. The first-order valence-corrected chi connectivity index (χ1v) is 3.08. The van der Waals surface area contributed by atoms with Crippen molar-refractivity contribution in [2.75, 3.05) is 0 Å². The third-order valence-corrected chi connectivity index (χ3v) is 1.08. The molecule has 3 nitrogen and oxygen atoms in total. The molecule has 1 atom stereocenters. The fourth-order valence-corrected chi connectivity index (χ4v) is 0.755. The lowest BCUT2D eigenvalue weighted by atomic mass is 10.4. The van der Waals surface area contributed by atoms with Gasteiger partial charge in [0, 0.05) is 12.4 Å². The van der Waals surface area contributed by atoms with E-state index in [9.17, 15) is 0 Å². The lowest BCUT2D eigenvalue weighted by Crippen LogP contribution is -2.60. The molecule has 0 amide bonds. The molecule has 0 fully saturated rings. The van der Waals surface area contributed by atoms with Gasteiger partial charge in [0.2, 0.25) is 0 Å². The summed E-state index contributed by atoms with van der Waals surface area (Å²) in [5.74, 6) is 0. The van der Waals surface area contributed by atoms with E-state index in [1.807, 2.05) is 17.1 Å². The van der Waals surface area contributed by atoms with Crippen molar-refractivity contribution in [1.29, 1.82) is 0 Å². The molecule has 3 N–H and O–H groups in total. The maximum atomic E-state index is 3.91. The summed E-state index contributed by atoms with van der Waals surface area (Å²) in [5.41, 5.74) is 3.86. The Morgan fingerprint density at radius 2 is 2.56 bits per heavy atom. The number of hydrogen-bond acceptors (Lipinski definition) is 1. The summed E-state index contributed by atoms with van der Waals surface area (Å²) < 4.78 is 2.03. The number of aromatic nitrogens is 2. The fraction of sp³-hybridized carbons (Fsp3) is 0.500. The zero-order valence-electron chi connectivity index (χ0n) is 5.62. The number of quaternary nitrogens is 1. The molecule has 0 saturated heterocycles. The van der Waals surface area contributed by atoms with Gasteiger partial charge >= 0.3 is 0 Å². The molecule has 1 rings (SSSR count). The molecule has 0 aliphatic carbocycles. The molecule has 0 radical (unpaired) electrons. The van der Waals surface area contributed by atoms with Crippen LogP contribution in [0.4, 0.5) is 0 Å². The number of hydrogen-bond donors (Lipinski definition) is 1. The van der Waals surface area contributed by atoms with Crippen molar-refractivity contribution in [3.63, 3.8) is 0 Å². The predicted molar refractivity (Wildman–Crippen MR) is 34.6 cm³/mol. The Morgan fingerprint density at radius 3 is 3.00 bits per heavy atom. The molecule has 0 spiro atoms. The van der Waals surface area contributed by atoms with Gasteiger partial charge in [-0.25, -0.2) is 4.98 Å². The molecule has 50 valence electrons. The van der Waals surface area contributed by atoms with E-state index in [1.165, 1.54) is 0 Å². The third kappa shape index (κ3) is 1.85. The molecule has 0 aliphatic rings. The normalized spacial score (nSPS) is 13.6. The van der Waals surface area contributed by atoms with Gasteiger partial charge in [0.1, 0.15) is 0 Å². The highest BCUT2D eigenvalue weighted by Gasteiger charge is 1.96. The van der Waals surface area contributed by atoms with Crippen molar-refractivity contribution in [2.24, 2.45) is 0 Å². The summed E-state index contributed by atoms with van der Waals surface area (Å²) in [4.78, 5) is 3.91. The smallest absolute Gasteiger partial charge is 0.0996 e. The van der Waals surface area contributed by atoms with E-state index in [4.69, 9.17) is 0 Å². The van der Waals surface area contributed by atoms with Crippen LogP contribution in [0.1, 0.15) is 6.92 Å². The first kappa shape index (κ1) is 6.29. The lowest BCUT2D eigenvalue weighted by molar-refractivity contribution is -0.416. The van der Waals surface area contributed by atoms with Crippen LogP contribution in [-0.2, 0) is 6.54 Å². The lowest BCUT2D eigenvalue weighted by Gasteiger charge is -2.00. The van der Waals surface area contributed by atoms with Gasteiger partial charge in [-0.15, -0.1) is 0 Å². The Morgan fingerprint density at radius 1 is 1.78 bits per heavy atom. The van der Waals surface area contributed by atoms with E-state index in [1.54, 1.807) is 6.20 Å². The van der Waals surface area contributed by atoms with Crippen molar-refractivity contribution in [2.45, 2.75) is 19.5 Å². The van der Waals surface area contributed by atoms with E-state index < -0.39 is 0 Å². The minimum absolute atomic E-state index is 0.458. The number of nitrogens with zero attached hydrogens (tertiary/aromatic N) is 2. The van der Waals surface area contributed by atoms with Crippen LogP contribution in [0.15, 0.2) is 18.7 Å². The summed E-state index contributed by atoms with van der Waals surface area (Å²) in [6.45, 7) is 3.04. The van der Waals surface area contributed by atoms with Crippen LogP contribution < -0.4 is 5.73 Å². The Hall–Kier alpha value is -0.830. The summed E-state index contributed by atoms with van der Waals surface area (Å²) >= 11 is 0. The third-order valence-electron chi connectivity index (χ3n) is 1.08. The molecular formula is C6H12N3+. The Bertz CT molecular complexity index is 155. The van der Waals surface area contributed by atoms with Crippen LogP contribution in [-0.4, -0.2) is 15.6 Å². The van der Waals surface area contributed by atoms with Crippen molar-refractivity contribution in [3.05, 3.63) is 18.7 Å². The number of imidazole rings is 1. The maximum Gasteiger partial charge on any atom is 0.0996 e. The molecule has 0 aromatic carbocycles. The summed E-state index contributed by atoms with van der Waals surface area (Å²) in [6, 6.07) is 0.458. The standard InChI is InChI=1S/C6H11N3/c1-6(7)4-9-3-2-8-5-9/h2-3,5-6H,4,7H2,1H3/p+1/t6-/m1/s1. The van der Waals surface area contributed by atoms with Crippen LogP contribution in [0.25, 0.3) is 0 Å². The maximum absolute atomic E-state index is 3.91. The molecule has 9 heavy (non-hydrogen) atoms.